The quantitative estimate of drug-likeness (QED) is 0.773. The molecule has 0 unspecified atom stereocenters. The van der Waals surface area contributed by atoms with Gasteiger partial charge in [0.05, 0.1) is 0 Å². The van der Waals surface area contributed by atoms with Gasteiger partial charge in [0.15, 0.2) is 0 Å². The normalized spacial score (nSPS) is 10.5. The van der Waals surface area contributed by atoms with Crippen LogP contribution in [0.25, 0.3) is 0 Å². The van der Waals surface area contributed by atoms with Crippen LogP contribution in [-0.4, -0.2) is 5.91 Å². The van der Waals surface area contributed by atoms with Crippen molar-refractivity contribution in [2.45, 2.75) is 33.6 Å². The van der Waals surface area contributed by atoms with E-state index >= 15 is 0 Å². The van der Waals surface area contributed by atoms with E-state index in [1.165, 1.54) is 5.56 Å². The highest BCUT2D eigenvalue weighted by molar-refractivity contribution is 6.18. The lowest BCUT2D eigenvalue weighted by Gasteiger charge is -2.17. The number of nitrogens with two attached hydrogens (primary N) is 1. The van der Waals surface area contributed by atoms with E-state index in [-0.39, 0.29) is 0 Å². The molecule has 82 valence electrons. The summed E-state index contributed by atoms with van der Waals surface area (Å²) in [7, 11) is 0. The molecule has 0 aromatic heterocycles. The van der Waals surface area contributed by atoms with Crippen LogP contribution >= 0.6 is 11.6 Å². The smallest absolute Gasteiger partial charge is 0.249 e. The fraction of sp³-hybridized carbons (Fsp3) is 0.417. The van der Waals surface area contributed by atoms with E-state index in [1.807, 2.05) is 27.7 Å². The number of carbonyl (C=O) groups excluding carboxylic acids is 1. The zero-order valence-corrected chi connectivity index (χ0v) is 10.3. The molecule has 0 heterocycles. The van der Waals surface area contributed by atoms with Crippen molar-refractivity contribution in [2.24, 2.45) is 5.73 Å². The third-order valence-corrected chi connectivity index (χ3v) is 3.46. The van der Waals surface area contributed by atoms with Crippen LogP contribution in [0.4, 0.5) is 0 Å². The molecule has 0 saturated carbocycles. The van der Waals surface area contributed by atoms with Crippen LogP contribution in [0.2, 0.25) is 0 Å². The predicted molar refractivity (Wildman–Crippen MR) is 63.5 cm³/mol. The molecule has 0 saturated heterocycles. The molecule has 0 aliphatic heterocycles. The molecule has 0 spiro atoms. The van der Waals surface area contributed by atoms with Gasteiger partial charge < -0.3 is 5.73 Å². The first kappa shape index (κ1) is 12.1. The van der Waals surface area contributed by atoms with Crippen molar-refractivity contribution in [1.82, 2.24) is 0 Å². The Labute approximate surface area is 95.4 Å². The van der Waals surface area contributed by atoms with Crippen LogP contribution in [0.3, 0.4) is 0 Å². The topological polar surface area (TPSA) is 43.1 Å². The molecule has 1 aromatic rings. The number of alkyl halides is 1. The average Bonchev–Trinajstić information content (AvgIpc) is 2.19. The molecular weight excluding hydrogens is 210 g/mol. The largest absolute Gasteiger partial charge is 0.366 e. The van der Waals surface area contributed by atoms with Gasteiger partial charge >= 0.3 is 0 Å². The van der Waals surface area contributed by atoms with E-state index in [4.69, 9.17) is 17.3 Å². The van der Waals surface area contributed by atoms with Gasteiger partial charge in [-0.15, -0.1) is 11.6 Å². The molecule has 1 rings (SSSR count). The van der Waals surface area contributed by atoms with Crippen molar-refractivity contribution in [2.75, 3.05) is 0 Å². The van der Waals surface area contributed by atoms with Gasteiger partial charge in [-0.1, -0.05) is 0 Å². The van der Waals surface area contributed by atoms with E-state index in [1.54, 1.807) is 0 Å². The molecule has 0 fully saturated rings. The Morgan fingerprint density at radius 1 is 1.07 bits per heavy atom. The Hall–Kier alpha value is -1.02. The first-order valence-corrected chi connectivity index (χ1v) is 5.40. The summed E-state index contributed by atoms with van der Waals surface area (Å²) in [6.45, 7) is 7.93. The monoisotopic (exact) mass is 225 g/mol. The third kappa shape index (κ3) is 1.86. The van der Waals surface area contributed by atoms with Crippen molar-refractivity contribution in [1.29, 1.82) is 0 Å². The van der Waals surface area contributed by atoms with Gasteiger partial charge in [-0.3, -0.25) is 4.79 Å². The minimum absolute atomic E-state index is 0.325. The maximum absolute atomic E-state index is 11.4. The van der Waals surface area contributed by atoms with Gasteiger partial charge in [-0.25, -0.2) is 0 Å². The molecule has 1 aromatic carbocycles. The number of rotatable bonds is 2. The van der Waals surface area contributed by atoms with Gasteiger partial charge in [-0.05, 0) is 55.5 Å². The van der Waals surface area contributed by atoms with E-state index in [0.717, 1.165) is 22.3 Å². The van der Waals surface area contributed by atoms with Gasteiger partial charge in [0.2, 0.25) is 5.91 Å². The second kappa shape index (κ2) is 4.23. The zero-order valence-electron chi connectivity index (χ0n) is 9.57. The van der Waals surface area contributed by atoms with Crippen molar-refractivity contribution in [3.05, 3.63) is 33.4 Å². The van der Waals surface area contributed by atoms with Crippen LogP contribution in [0.5, 0.6) is 0 Å². The third-order valence-electron chi connectivity index (χ3n) is 3.20. The molecule has 0 aliphatic carbocycles. The fourth-order valence-corrected chi connectivity index (χ4v) is 2.22. The molecule has 0 bridgehead atoms. The highest BCUT2D eigenvalue weighted by Gasteiger charge is 2.17. The summed E-state index contributed by atoms with van der Waals surface area (Å²) in [6.07, 6.45) is 0. The van der Waals surface area contributed by atoms with Crippen molar-refractivity contribution in [3.8, 4) is 0 Å². The average molecular weight is 226 g/mol. The summed E-state index contributed by atoms with van der Waals surface area (Å²) in [5.41, 5.74) is 11.2. The van der Waals surface area contributed by atoms with Crippen LogP contribution in [0, 0.1) is 27.7 Å². The minimum atomic E-state index is -0.394. The number of hydrogen-bond donors (Lipinski definition) is 1. The Morgan fingerprint density at radius 2 is 1.53 bits per heavy atom. The summed E-state index contributed by atoms with van der Waals surface area (Å²) >= 11 is 5.87. The summed E-state index contributed by atoms with van der Waals surface area (Å²) in [5.74, 6) is -0.0687. The standard InChI is InChI=1S/C12H16ClNO/c1-6-7(2)9(4)11(12(14)15)10(5-13)8(6)3/h5H2,1-4H3,(H2,14,15). The molecule has 0 atom stereocenters. The summed E-state index contributed by atoms with van der Waals surface area (Å²) in [6, 6.07) is 0. The first-order chi connectivity index (χ1) is 6.91. The van der Waals surface area contributed by atoms with E-state index < -0.39 is 5.91 Å². The van der Waals surface area contributed by atoms with Crippen LogP contribution in [-0.2, 0) is 5.88 Å². The molecule has 2 N–H and O–H groups in total. The van der Waals surface area contributed by atoms with Gasteiger partial charge in [-0.2, -0.15) is 0 Å². The van der Waals surface area contributed by atoms with E-state index in [9.17, 15) is 4.79 Å². The molecule has 3 heteroatoms. The number of hydrogen-bond acceptors (Lipinski definition) is 1. The van der Waals surface area contributed by atoms with Gasteiger partial charge in [0, 0.05) is 11.4 Å². The molecule has 0 aliphatic rings. The summed E-state index contributed by atoms with van der Waals surface area (Å²) in [5, 5.41) is 0. The Balaban J connectivity index is 3.70. The van der Waals surface area contributed by atoms with E-state index in [2.05, 4.69) is 0 Å². The van der Waals surface area contributed by atoms with Crippen molar-refractivity contribution in [3.63, 3.8) is 0 Å². The Bertz CT molecular complexity index is 424. The van der Waals surface area contributed by atoms with Crippen LogP contribution in [0.15, 0.2) is 0 Å². The van der Waals surface area contributed by atoms with Gasteiger partial charge in [0.1, 0.15) is 0 Å². The maximum Gasteiger partial charge on any atom is 0.249 e. The van der Waals surface area contributed by atoms with Crippen LogP contribution < -0.4 is 5.73 Å². The molecule has 0 radical (unpaired) electrons. The van der Waals surface area contributed by atoms with Gasteiger partial charge in [0.25, 0.3) is 0 Å². The number of benzene rings is 1. The van der Waals surface area contributed by atoms with Crippen molar-refractivity contribution >= 4 is 17.5 Å². The second-order valence-electron chi connectivity index (χ2n) is 3.85. The first-order valence-electron chi connectivity index (χ1n) is 4.86. The number of carbonyl (C=O) groups is 1. The fourth-order valence-electron chi connectivity index (χ4n) is 1.89. The molecule has 2 nitrogen and oxygen atoms in total. The highest BCUT2D eigenvalue weighted by Crippen LogP contribution is 2.27. The lowest BCUT2D eigenvalue weighted by molar-refractivity contribution is 0.0999. The van der Waals surface area contributed by atoms with Crippen molar-refractivity contribution < 1.29 is 4.79 Å². The lowest BCUT2D eigenvalue weighted by atomic mass is 9.89. The molecular formula is C12H16ClNO. The van der Waals surface area contributed by atoms with Crippen LogP contribution in [0.1, 0.15) is 38.2 Å². The number of primary amides is 1. The minimum Gasteiger partial charge on any atom is -0.366 e. The highest BCUT2D eigenvalue weighted by atomic mass is 35.5. The maximum atomic E-state index is 11.4. The Kier molecular flexibility index (Phi) is 3.40. The summed E-state index contributed by atoms with van der Waals surface area (Å²) < 4.78 is 0. The molecule has 15 heavy (non-hydrogen) atoms. The number of halogens is 1. The number of amides is 1. The predicted octanol–water partition coefficient (Wildman–Crippen LogP) is 2.76. The lowest BCUT2D eigenvalue weighted by Crippen LogP contribution is -2.17. The SMILES string of the molecule is Cc1c(C)c(C)c(C(N)=O)c(CCl)c1C. The summed E-state index contributed by atoms with van der Waals surface area (Å²) in [4.78, 5) is 11.4. The van der Waals surface area contributed by atoms with E-state index in [0.29, 0.717) is 11.4 Å². The second-order valence-corrected chi connectivity index (χ2v) is 4.12. The zero-order chi connectivity index (χ0) is 11.7. The molecule has 1 amide bonds. The Morgan fingerprint density at radius 3 is 1.93 bits per heavy atom.